The van der Waals surface area contributed by atoms with Gasteiger partial charge in [-0.2, -0.15) is 10.2 Å². The lowest BCUT2D eigenvalue weighted by molar-refractivity contribution is -0.113. The Hall–Kier alpha value is -3.93. The molecule has 3 aromatic heterocycles. The van der Waals surface area contributed by atoms with Crippen molar-refractivity contribution in [3.63, 3.8) is 0 Å². The summed E-state index contributed by atoms with van der Waals surface area (Å²) in [4.78, 5) is 38.6. The average molecular weight is 642 g/mol. The van der Waals surface area contributed by atoms with Crippen LogP contribution in [0.3, 0.4) is 0 Å². The Kier molecular flexibility index (Phi) is 13.3. The zero-order valence-corrected chi connectivity index (χ0v) is 25.6. The Labute approximate surface area is 253 Å². The first-order valence-corrected chi connectivity index (χ1v) is 15.2. The van der Waals surface area contributed by atoms with Crippen LogP contribution in [0.2, 0.25) is 0 Å². The van der Waals surface area contributed by atoms with Crippen molar-refractivity contribution in [2.24, 2.45) is 0 Å². The van der Waals surface area contributed by atoms with Crippen molar-refractivity contribution >= 4 is 50.7 Å². The summed E-state index contributed by atoms with van der Waals surface area (Å²) in [5.41, 5.74) is 9.85. The smallest absolute Gasteiger partial charge is 0.342 e. The fourth-order valence-electron chi connectivity index (χ4n) is 4.39. The maximum absolute atomic E-state index is 11.9. The van der Waals surface area contributed by atoms with Gasteiger partial charge in [0.2, 0.25) is 0 Å². The Morgan fingerprint density at radius 2 is 1.60 bits per heavy atom. The van der Waals surface area contributed by atoms with E-state index in [2.05, 4.69) is 48.4 Å². The molecule has 0 bridgehead atoms. The quantitative estimate of drug-likeness (QED) is 0.257. The van der Waals surface area contributed by atoms with E-state index in [-0.39, 0.29) is 23.1 Å². The summed E-state index contributed by atoms with van der Waals surface area (Å²) < 4.78 is 11.4. The summed E-state index contributed by atoms with van der Waals surface area (Å²) in [5.74, 6) is -0.463. The van der Waals surface area contributed by atoms with Crippen LogP contribution in [0.1, 0.15) is 91.6 Å². The number of Topliss-reactive ketones (excluding diaryl/α,β-unsaturated/α-hetero) is 1. The standard InChI is InChI=1S/C15H17N3O2.C8H11BrO.C7H9N3O2/c1-2-20-15(19)12-8-9-16-18-10-13(17-14(12)18)11-6-4-3-5-7-11;9-6-8(10)7-4-2-1-3-5-7;1-2-12-7(11)5-3-4-9-10-6(5)8/h6,8-10H,2-5,7H2,1H3;4H,1-3,5-6H2;3-4H,2H2,1H3,(H2,8,10). The Bertz CT molecular complexity index is 1430. The molecule has 3 aromatic rings. The van der Waals surface area contributed by atoms with E-state index in [1.165, 1.54) is 43.5 Å². The number of esters is 2. The van der Waals surface area contributed by atoms with Crippen molar-refractivity contribution in [3.8, 4) is 0 Å². The molecule has 12 heteroatoms. The Morgan fingerprint density at radius 3 is 2.19 bits per heavy atom. The summed E-state index contributed by atoms with van der Waals surface area (Å²) in [6.07, 6.45) is 18.3. The lowest BCUT2D eigenvalue weighted by atomic mass is 9.97. The molecule has 0 spiro atoms. The number of hydrogen-bond donors (Lipinski definition) is 1. The molecule has 0 saturated carbocycles. The van der Waals surface area contributed by atoms with Crippen LogP contribution in [-0.2, 0) is 14.3 Å². The number of carbonyl (C=O) groups is 3. The highest BCUT2D eigenvalue weighted by Crippen LogP contribution is 2.26. The van der Waals surface area contributed by atoms with Gasteiger partial charge in [0.1, 0.15) is 11.1 Å². The maximum Gasteiger partial charge on any atom is 0.342 e. The number of imidazole rings is 1. The van der Waals surface area contributed by atoms with Crippen LogP contribution in [0.25, 0.3) is 11.2 Å². The zero-order chi connectivity index (χ0) is 30.3. The molecule has 0 saturated heterocycles. The largest absolute Gasteiger partial charge is 0.462 e. The first kappa shape index (κ1) is 32.6. The first-order valence-electron chi connectivity index (χ1n) is 14.1. The van der Waals surface area contributed by atoms with Crippen molar-refractivity contribution < 1.29 is 23.9 Å². The van der Waals surface area contributed by atoms with Gasteiger partial charge in [-0.05, 0) is 88.5 Å². The van der Waals surface area contributed by atoms with Crippen LogP contribution < -0.4 is 5.73 Å². The van der Waals surface area contributed by atoms with Gasteiger partial charge in [-0.1, -0.05) is 28.1 Å². The van der Waals surface area contributed by atoms with E-state index in [9.17, 15) is 14.4 Å². The summed E-state index contributed by atoms with van der Waals surface area (Å²) in [5, 5.41) is 11.7. The molecule has 11 nitrogen and oxygen atoms in total. The molecule has 224 valence electrons. The molecule has 0 atom stereocenters. The molecule has 0 aliphatic heterocycles. The lowest BCUT2D eigenvalue weighted by Gasteiger charge is -2.09. The molecule has 0 aromatic carbocycles. The van der Waals surface area contributed by atoms with E-state index >= 15 is 0 Å². The number of fused-ring (bicyclic) bond motifs is 1. The van der Waals surface area contributed by atoms with Crippen molar-refractivity contribution in [1.29, 1.82) is 0 Å². The van der Waals surface area contributed by atoms with Crippen LogP contribution in [0.4, 0.5) is 5.82 Å². The maximum atomic E-state index is 11.9. The van der Waals surface area contributed by atoms with Crippen LogP contribution in [0.5, 0.6) is 0 Å². The number of allylic oxidation sites excluding steroid dienone is 4. The number of anilines is 1. The van der Waals surface area contributed by atoms with Gasteiger partial charge in [0, 0.05) is 6.20 Å². The van der Waals surface area contributed by atoms with Crippen LogP contribution in [0.15, 0.2) is 48.4 Å². The van der Waals surface area contributed by atoms with Gasteiger partial charge >= 0.3 is 11.9 Å². The average Bonchev–Trinajstić information content (AvgIpc) is 3.47. The van der Waals surface area contributed by atoms with Crippen molar-refractivity contribution in [2.75, 3.05) is 24.3 Å². The number of nitrogens with zero attached hydrogens (tertiary/aromatic N) is 5. The van der Waals surface area contributed by atoms with Gasteiger partial charge < -0.3 is 15.2 Å². The summed E-state index contributed by atoms with van der Waals surface area (Å²) >= 11 is 3.16. The number of ether oxygens (including phenoxy) is 2. The highest BCUT2D eigenvalue weighted by Gasteiger charge is 2.17. The van der Waals surface area contributed by atoms with Crippen molar-refractivity contribution in [2.45, 2.75) is 65.2 Å². The number of alkyl halides is 1. The minimum absolute atomic E-state index is 0.0935. The van der Waals surface area contributed by atoms with Crippen LogP contribution >= 0.6 is 15.9 Å². The number of hydrogen-bond acceptors (Lipinski definition) is 10. The van der Waals surface area contributed by atoms with Gasteiger partial charge in [0.05, 0.1) is 36.6 Å². The number of ketones is 1. The van der Waals surface area contributed by atoms with Crippen molar-refractivity contribution in [3.05, 3.63) is 65.3 Å². The molecule has 2 aliphatic rings. The number of rotatable bonds is 7. The van der Waals surface area contributed by atoms with E-state index in [1.54, 1.807) is 30.6 Å². The number of aromatic nitrogens is 5. The van der Waals surface area contributed by atoms with Gasteiger partial charge in [0.25, 0.3) is 0 Å². The van der Waals surface area contributed by atoms with E-state index in [0.29, 0.717) is 29.8 Å². The second-order valence-electron chi connectivity index (χ2n) is 9.42. The minimum Gasteiger partial charge on any atom is -0.462 e. The molecule has 3 heterocycles. The first-order chi connectivity index (χ1) is 20.4. The number of nitrogens with two attached hydrogens (primary N) is 1. The Balaban J connectivity index is 0.000000188. The minimum atomic E-state index is -0.468. The summed E-state index contributed by atoms with van der Waals surface area (Å²) in [6.45, 7) is 4.19. The summed E-state index contributed by atoms with van der Waals surface area (Å²) in [7, 11) is 0. The predicted octanol–water partition coefficient (Wildman–Crippen LogP) is 5.55. The number of nitrogen functional groups attached to an aromatic ring is 1. The van der Waals surface area contributed by atoms with E-state index in [1.807, 2.05) is 6.20 Å². The topological polar surface area (TPSA) is 152 Å². The second kappa shape index (κ2) is 17.1. The molecule has 2 N–H and O–H groups in total. The predicted molar refractivity (Wildman–Crippen MR) is 163 cm³/mol. The SMILES string of the molecule is CCOC(=O)c1ccnn2cc(C3=CCCCC3)nc12.CCOC(=O)c1ccnnc1N.O=C(CBr)C1=CCCCC1. The van der Waals surface area contributed by atoms with Gasteiger partial charge in [0.15, 0.2) is 17.2 Å². The number of halogens is 1. The van der Waals surface area contributed by atoms with E-state index in [0.717, 1.165) is 37.0 Å². The monoisotopic (exact) mass is 640 g/mol. The molecular weight excluding hydrogens is 604 g/mol. The second-order valence-corrected chi connectivity index (χ2v) is 9.98. The lowest BCUT2D eigenvalue weighted by Crippen LogP contribution is -2.09. The van der Waals surface area contributed by atoms with Crippen molar-refractivity contribution in [1.82, 2.24) is 24.8 Å². The molecule has 0 radical (unpaired) electrons. The normalized spacial score (nSPS) is 14.3. The van der Waals surface area contributed by atoms with Gasteiger partial charge in [-0.15, -0.1) is 5.10 Å². The molecule has 0 unspecified atom stereocenters. The molecule has 0 fully saturated rings. The van der Waals surface area contributed by atoms with Crippen LogP contribution in [-0.4, -0.2) is 61.1 Å². The molecule has 0 amide bonds. The zero-order valence-electron chi connectivity index (χ0n) is 24.1. The van der Waals surface area contributed by atoms with Crippen LogP contribution in [0, 0.1) is 0 Å². The Morgan fingerprint density at radius 1 is 0.929 bits per heavy atom. The molecular formula is C30H37BrN6O5. The molecule has 2 aliphatic carbocycles. The third-order valence-electron chi connectivity index (χ3n) is 6.49. The van der Waals surface area contributed by atoms with E-state index in [4.69, 9.17) is 15.2 Å². The molecule has 42 heavy (non-hydrogen) atoms. The number of carbonyl (C=O) groups excluding carboxylic acids is 3. The fourth-order valence-corrected chi connectivity index (χ4v) is 4.75. The van der Waals surface area contributed by atoms with Gasteiger partial charge in [-0.25, -0.2) is 19.1 Å². The fraction of sp³-hybridized carbons (Fsp3) is 0.433. The highest BCUT2D eigenvalue weighted by atomic mass is 79.9. The van der Waals surface area contributed by atoms with E-state index < -0.39 is 5.97 Å². The van der Waals surface area contributed by atoms with Gasteiger partial charge in [-0.3, -0.25) is 4.79 Å². The highest BCUT2D eigenvalue weighted by molar-refractivity contribution is 9.09. The summed E-state index contributed by atoms with van der Waals surface area (Å²) in [6, 6.07) is 3.12. The molecule has 5 rings (SSSR count). The third kappa shape index (κ3) is 9.30. The third-order valence-corrected chi connectivity index (χ3v) is 7.00.